The van der Waals surface area contributed by atoms with Gasteiger partial charge in [-0.2, -0.15) is 13.2 Å². The van der Waals surface area contributed by atoms with Gasteiger partial charge in [-0.25, -0.2) is 4.98 Å². The number of H-pyrrole nitrogens is 1. The number of benzene rings is 2. The van der Waals surface area contributed by atoms with Gasteiger partial charge in [0.15, 0.2) is 0 Å². The number of amides is 1. The predicted octanol–water partition coefficient (Wildman–Crippen LogP) is 4.70. The number of fused-ring (bicyclic) bond motifs is 2. The number of rotatable bonds is 4. The highest BCUT2D eigenvalue weighted by atomic mass is 19.4. The van der Waals surface area contributed by atoms with Crippen molar-refractivity contribution < 1.29 is 22.7 Å². The Morgan fingerprint density at radius 2 is 1.97 bits per heavy atom. The number of alkyl halides is 3. The summed E-state index contributed by atoms with van der Waals surface area (Å²) in [6, 6.07) is 12.4. The predicted molar refractivity (Wildman–Crippen MR) is 113 cm³/mol. The van der Waals surface area contributed by atoms with Crippen molar-refractivity contribution in [2.45, 2.75) is 25.6 Å². The molecule has 4 aromatic rings. The number of nitrogens with zero attached hydrogens (tertiary/aromatic N) is 2. The fourth-order valence-corrected chi connectivity index (χ4v) is 3.99. The molecule has 2 aromatic heterocycles. The van der Waals surface area contributed by atoms with Gasteiger partial charge < -0.3 is 15.0 Å². The van der Waals surface area contributed by atoms with E-state index in [9.17, 15) is 18.0 Å². The number of aromatic nitrogens is 3. The third kappa shape index (κ3) is 3.74. The molecule has 0 spiro atoms. The topological polar surface area (TPSA) is 79.9 Å². The van der Waals surface area contributed by atoms with Crippen LogP contribution in [0.5, 0.6) is 5.75 Å². The Morgan fingerprint density at radius 1 is 1.12 bits per heavy atom. The summed E-state index contributed by atoms with van der Waals surface area (Å²) >= 11 is 0. The molecule has 3 heterocycles. The molecule has 1 aliphatic heterocycles. The molecule has 2 aromatic carbocycles. The van der Waals surface area contributed by atoms with E-state index >= 15 is 0 Å². The van der Waals surface area contributed by atoms with E-state index in [4.69, 9.17) is 4.74 Å². The molecule has 0 saturated carbocycles. The molecule has 2 atom stereocenters. The largest absolute Gasteiger partial charge is 0.490 e. The van der Waals surface area contributed by atoms with Gasteiger partial charge in [-0.05, 0) is 54.4 Å². The maximum atomic E-state index is 13.0. The van der Waals surface area contributed by atoms with Crippen molar-refractivity contribution >= 4 is 27.8 Å². The summed E-state index contributed by atoms with van der Waals surface area (Å²) in [6.07, 6.45) is -2.67. The number of carbonyl (C=O) groups is 1. The van der Waals surface area contributed by atoms with Crippen LogP contribution in [-0.2, 0) is 11.0 Å². The van der Waals surface area contributed by atoms with E-state index in [-0.39, 0.29) is 23.4 Å². The maximum Gasteiger partial charge on any atom is 0.449 e. The molecule has 5 rings (SSSR count). The van der Waals surface area contributed by atoms with Crippen LogP contribution in [0.1, 0.15) is 19.2 Å². The fraction of sp³-hybridized carbons (Fsp3) is 0.261. The van der Waals surface area contributed by atoms with Gasteiger partial charge in [-0.15, -0.1) is 0 Å². The Balaban J connectivity index is 1.55. The van der Waals surface area contributed by atoms with E-state index in [1.165, 1.54) is 0 Å². The zero-order valence-electron chi connectivity index (χ0n) is 17.0. The highest BCUT2D eigenvalue weighted by Crippen LogP contribution is 2.35. The molecule has 9 heteroatoms. The monoisotopic (exact) mass is 440 g/mol. The average Bonchev–Trinajstić information content (AvgIpc) is 3.39. The molecule has 2 N–H and O–H groups in total. The molecule has 0 bridgehead atoms. The lowest BCUT2D eigenvalue weighted by Gasteiger charge is -2.21. The second-order valence-electron chi connectivity index (χ2n) is 7.95. The second-order valence-corrected chi connectivity index (χ2v) is 7.95. The number of nitrogens with one attached hydrogen (secondary N) is 2. The Kier molecular flexibility index (Phi) is 4.76. The molecule has 0 radical (unpaired) electrons. The van der Waals surface area contributed by atoms with Crippen LogP contribution >= 0.6 is 0 Å². The van der Waals surface area contributed by atoms with Crippen molar-refractivity contribution in [1.82, 2.24) is 20.3 Å². The van der Waals surface area contributed by atoms with Gasteiger partial charge in [0.2, 0.25) is 11.7 Å². The zero-order chi connectivity index (χ0) is 22.5. The van der Waals surface area contributed by atoms with Gasteiger partial charge in [0.25, 0.3) is 0 Å². The van der Waals surface area contributed by atoms with E-state index < -0.39 is 12.0 Å². The minimum atomic E-state index is -4.54. The van der Waals surface area contributed by atoms with Gasteiger partial charge in [0.1, 0.15) is 11.9 Å². The van der Waals surface area contributed by atoms with E-state index in [0.717, 1.165) is 10.9 Å². The smallest absolute Gasteiger partial charge is 0.449 e. The first-order valence-corrected chi connectivity index (χ1v) is 10.2. The van der Waals surface area contributed by atoms with Gasteiger partial charge in [-0.1, -0.05) is 6.07 Å². The van der Waals surface area contributed by atoms with Crippen molar-refractivity contribution in [3.05, 3.63) is 54.5 Å². The van der Waals surface area contributed by atoms with Gasteiger partial charge >= 0.3 is 6.18 Å². The van der Waals surface area contributed by atoms with Crippen LogP contribution in [0.2, 0.25) is 0 Å². The van der Waals surface area contributed by atoms with E-state index in [0.29, 0.717) is 35.3 Å². The average molecular weight is 440 g/mol. The molecule has 1 saturated heterocycles. The van der Waals surface area contributed by atoms with Gasteiger partial charge in [0.05, 0.1) is 16.6 Å². The Morgan fingerprint density at radius 3 is 2.72 bits per heavy atom. The van der Waals surface area contributed by atoms with Crippen LogP contribution in [0.15, 0.2) is 48.7 Å². The first kappa shape index (κ1) is 20.3. The van der Waals surface area contributed by atoms with Crippen LogP contribution in [0.3, 0.4) is 0 Å². The van der Waals surface area contributed by atoms with Crippen molar-refractivity contribution in [3.8, 4) is 16.9 Å². The molecule has 164 valence electrons. The minimum Gasteiger partial charge on any atom is -0.490 e. The SMILES string of the molecule is C[C@@H](Oc1cc(-c2ccc3nc(C(F)(F)F)[nH]c3c2)cc2ncccc12)[C@H]1CNC(=O)C1. The van der Waals surface area contributed by atoms with Crippen LogP contribution in [0.4, 0.5) is 13.2 Å². The normalized spacial score (nSPS) is 17.6. The molecule has 1 aliphatic rings. The Hall–Kier alpha value is -3.62. The summed E-state index contributed by atoms with van der Waals surface area (Å²) < 4.78 is 45.3. The summed E-state index contributed by atoms with van der Waals surface area (Å²) in [5, 5.41) is 3.64. The summed E-state index contributed by atoms with van der Waals surface area (Å²) in [5.41, 5.74) is 2.70. The zero-order valence-corrected chi connectivity index (χ0v) is 17.0. The number of hydrogen-bond donors (Lipinski definition) is 2. The third-order valence-electron chi connectivity index (χ3n) is 5.75. The highest BCUT2D eigenvalue weighted by Gasteiger charge is 2.34. The standard InChI is InChI=1S/C23H19F3N4O2/c1-12(15-10-21(31)28-11-15)32-20-9-14(8-18-16(20)3-2-6-27-18)13-4-5-17-19(7-13)30-22(29-17)23(24,25)26/h2-9,12,15H,10-11H2,1H3,(H,28,31)(H,29,30)/t12-,15-/m1/s1. The molecule has 0 aliphatic carbocycles. The van der Waals surface area contributed by atoms with Gasteiger partial charge in [-0.3, -0.25) is 9.78 Å². The van der Waals surface area contributed by atoms with Crippen molar-refractivity contribution in [1.29, 1.82) is 0 Å². The number of halogens is 3. The number of pyridine rings is 1. The molecule has 32 heavy (non-hydrogen) atoms. The van der Waals surface area contributed by atoms with Crippen LogP contribution < -0.4 is 10.1 Å². The summed E-state index contributed by atoms with van der Waals surface area (Å²) in [5.74, 6) is -0.350. The second kappa shape index (κ2) is 7.51. The van der Waals surface area contributed by atoms with Crippen LogP contribution in [0.25, 0.3) is 33.1 Å². The van der Waals surface area contributed by atoms with E-state index in [1.54, 1.807) is 24.4 Å². The molecule has 0 unspecified atom stereocenters. The quantitative estimate of drug-likeness (QED) is 0.482. The van der Waals surface area contributed by atoms with Gasteiger partial charge in [0, 0.05) is 30.5 Å². The summed E-state index contributed by atoms with van der Waals surface area (Å²) in [7, 11) is 0. The lowest BCUT2D eigenvalue weighted by atomic mass is 10.0. The maximum absolute atomic E-state index is 13.0. The first-order chi connectivity index (χ1) is 15.3. The first-order valence-electron chi connectivity index (χ1n) is 10.2. The lowest BCUT2D eigenvalue weighted by molar-refractivity contribution is -0.144. The molecule has 1 fully saturated rings. The molecular formula is C23H19F3N4O2. The molecule has 6 nitrogen and oxygen atoms in total. The number of aromatic amines is 1. The third-order valence-corrected chi connectivity index (χ3v) is 5.75. The summed E-state index contributed by atoms with van der Waals surface area (Å²) in [6.45, 7) is 2.49. The lowest BCUT2D eigenvalue weighted by Crippen LogP contribution is -2.25. The number of hydrogen-bond acceptors (Lipinski definition) is 4. The van der Waals surface area contributed by atoms with E-state index in [2.05, 4.69) is 20.3 Å². The fourth-order valence-electron chi connectivity index (χ4n) is 3.99. The van der Waals surface area contributed by atoms with E-state index in [1.807, 2.05) is 31.2 Å². The van der Waals surface area contributed by atoms with Crippen molar-refractivity contribution in [3.63, 3.8) is 0 Å². The van der Waals surface area contributed by atoms with Crippen molar-refractivity contribution in [2.24, 2.45) is 5.92 Å². The summed E-state index contributed by atoms with van der Waals surface area (Å²) in [4.78, 5) is 22.0. The van der Waals surface area contributed by atoms with Crippen LogP contribution in [-0.4, -0.2) is 33.5 Å². The minimum absolute atomic E-state index is 0.0109. The number of imidazole rings is 1. The molecular weight excluding hydrogens is 421 g/mol. The Bertz CT molecular complexity index is 1330. The van der Waals surface area contributed by atoms with Crippen molar-refractivity contribution in [2.75, 3.05) is 6.54 Å². The molecule has 1 amide bonds. The number of ether oxygens (including phenoxy) is 1. The van der Waals surface area contributed by atoms with Crippen LogP contribution in [0, 0.1) is 5.92 Å². The number of carbonyl (C=O) groups excluding carboxylic acids is 1. The Labute approximate surface area is 180 Å². The highest BCUT2D eigenvalue weighted by molar-refractivity contribution is 5.91.